The summed E-state index contributed by atoms with van der Waals surface area (Å²) in [5, 5.41) is 26.1. The molecular weight excluding hydrogens is 553 g/mol. The van der Waals surface area contributed by atoms with Crippen LogP contribution in [0.25, 0.3) is 11.4 Å². The predicted molar refractivity (Wildman–Crippen MR) is 149 cm³/mol. The van der Waals surface area contributed by atoms with Gasteiger partial charge in [0, 0.05) is 38.4 Å². The minimum atomic E-state index is -4.52. The zero-order valence-corrected chi connectivity index (χ0v) is 22.8. The third kappa shape index (κ3) is 8.48. The quantitative estimate of drug-likeness (QED) is 0.175. The molecule has 0 radical (unpaired) electrons. The molecule has 12 heteroatoms. The van der Waals surface area contributed by atoms with E-state index in [2.05, 4.69) is 15.6 Å². The number of ether oxygens (including phenoxy) is 2. The van der Waals surface area contributed by atoms with Crippen molar-refractivity contribution >= 4 is 5.91 Å². The maximum atomic E-state index is 12.9. The number of amides is 1. The first kappa shape index (κ1) is 30.4. The van der Waals surface area contributed by atoms with Crippen LogP contribution in [0.15, 0.2) is 79.0 Å². The fourth-order valence-corrected chi connectivity index (χ4v) is 3.99. The van der Waals surface area contributed by atoms with Gasteiger partial charge in [0.2, 0.25) is 0 Å². The summed E-state index contributed by atoms with van der Waals surface area (Å²) < 4.78 is 51.3. The molecule has 4 aromatic rings. The van der Waals surface area contributed by atoms with Crippen LogP contribution in [0.2, 0.25) is 0 Å². The number of hydrogen-bond donors (Lipinski definition) is 4. The first-order valence-electron chi connectivity index (χ1n) is 13.1. The highest BCUT2D eigenvalue weighted by atomic mass is 19.4. The Morgan fingerprint density at radius 1 is 1.02 bits per heavy atom. The van der Waals surface area contributed by atoms with Crippen molar-refractivity contribution in [1.82, 2.24) is 20.2 Å². The smallest absolute Gasteiger partial charge is 0.434 e. The Bertz CT molecular complexity index is 1460. The van der Waals surface area contributed by atoms with Crippen LogP contribution >= 0.6 is 0 Å². The summed E-state index contributed by atoms with van der Waals surface area (Å²) in [7, 11) is 1.49. The minimum absolute atomic E-state index is 0.00670. The van der Waals surface area contributed by atoms with Crippen LogP contribution in [0.4, 0.5) is 13.2 Å². The lowest BCUT2D eigenvalue weighted by Crippen LogP contribution is -2.33. The Kier molecular flexibility index (Phi) is 10.0. The number of carbonyl (C=O) groups is 1. The molecule has 4 rings (SSSR count). The van der Waals surface area contributed by atoms with E-state index in [1.54, 1.807) is 30.3 Å². The van der Waals surface area contributed by atoms with Crippen molar-refractivity contribution in [3.63, 3.8) is 0 Å². The Hall–Kier alpha value is -4.55. The molecule has 1 atom stereocenters. The highest BCUT2D eigenvalue weighted by Gasteiger charge is 2.34. The molecule has 3 aromatic carbocycles. The largest absolute Gasteiger partial charge is 0.507 e. The summed E-state index contributed by atoms with van der Waals surface area (Å²) >= 11 is 0. The molecule has 0 fully saturated rings. The van der Waals surface area contributed by atoms with Gasteiger partial charge >= 0.3 is 6.18 Å². The number of alkyl halides is 3. The molecule has 0 saturated heterocycles. The maximum absolute atomic E-state index is 12.9. The summed E-state index contributed by atoms with van der Waals surface area (Å²) in [6, 6.07) is 20.2. The average molecular weight is 585 g/mol. The number of halogens is 3. The lowest BCUT2D eigenvalue weighted by Gasteiger charge is -2.14. The lowest BCUT2D eigenvalue weighted by atomic mass is 10.1. The molecule has 0 spiro atoms. The second kappa shape index (κ2) is 13.9. The molecule has 1 aromatic heterocycles. The maximum Gasteiger partial charge on any atom is 0.434 e. The molecule has 42 heavy (non-hydrogen) atoms. The Morgan fingerprint density at radius 2 is 1.74 bits per heavy atom. The summed E-state index contributed by atoms with van der Waals surface area (Å²) in [4.78, 5) is 16.2. The number of aromatic nitrogens is 2. The summed E-state index contributed by atoms with van der Waals surface area (Å²) in [6.07, 6.45) is -4.42. The number of phenols is 1. The number of phenolic OH excluding ortho intramolecular Hbond substituents is 1. The summed E-state index contributed by atoms with van der Waals surface area (Å²) in [5.41, 5.74) is 0.566. The molecule has 222 valence electrons. The van der Waals surface area contributed by atoms with Crippen LogP contribution in [0.3, 0.4) is 0 Å². The number of benzene rings is 3. The van der Waals surface area contributed by atoms with Crippen molar-refractivity contribution in [1.29, 1.82) is 0 Å². The van der Waals surface area contributed by atoms with Crippen molar-refractivity contribution < 1.29 is 37.7 Å². The first-order valence-corrected chi connectivity index (χ1v) is 13.1. The van der Waals surface area contributed by atoms with E-state index in [1.807, 2.05) is 30.3 Å². The molecule has 1 unspecified atom stereocenters. The van der Waals surface area contributed by atoms with E-state index in [0.717, 1.165) is 11.8 Å². The van der Waals surface area contributed by atoms with Crippen LogP contribution in [0, 0.1) is 0 Å². The topological polar surface area (TPSA) is 118 Å². The van der Waals surface area contributed by atoms with E-state index in [0.29, 0.717) is 30.2 Å². The molecule has 9 nitrogen and oxygen atoms in total. The van der Waals surface area contributed by atoms with Gasteiger partial charge in [-0.25, -0.2) is 4.98 Å². The molecule has 0 aliphatic carbocycles. The fraction of sp³-hybridized carbons (Fsp3) is 0.267. The van der Waals surface area contributed by atoms with Gasteiger partial charge in [-0.15, -0.1) is 0 Å². The van der Waals surface area contributed by atoms with Crippen LogP contribution < -0.4 is 20.1 Å². The Labute approximate surface area is 240 Å². The Balaban J connectivity index is 1.16. The average Bonchev–Trinajstić information content (AvgIpc) is 3.38. The van der Waals surface area contributed by atoms with Gasteiger partial charge in [0.1, 0.15) is 42.4 Å². The lowest BCUT2D eigenvalue weighted by molar-refractivity contribution is -0.140. The second-order valence-electron chi connectivity index (χ2n) is 9.45. The van der Waals surface area contributed by atoms with E-state index in [1.165, 1.54) is 23.7 Å². The molecule has 4 N–H and O–H groups in total. The standard InChI is InChI=1S/C30H31F3N4O5/c1-37-18-27(30(31,32)33)36-28(37)21-7-9-23(10-8-21)42-19-22(38)17-34-13-14-41-24-11-12-26(39)25(15-24)29(40)35-16-20-5-3-2-4-6-20/h2-12,15,18,22,34,38-39H,13-14,16-17,19H2,1H3,(H,35,40). The van der Waals surface area contributed by atoms with E-state index in [-0.39, 0.29) is 36.9 Å². The molecule has 1 heterocycles. The van der Waals surface area contributed by atoms with Crippen molar-refractivity contribution in [2.24, 2.45) is 7.05 Å². The SMILES string of the molecule is Cn1cc(C(F)(F)F)nc1-c1ccc(OCC(O)CNCCOc2ccc(O)c(C(=O)NCc3ccccc3)c2)cc1. The minimum Gasteiger partial charge on any atom is -0.507 e. The highest BCUT2D eigenvalue weighted by molar-refractivity contribution is 5.97. The van der Waals surface area contributed by atoms with Gasteiger partial charge in [-0.3, -0.25) is 4.79 Å². The molecule has 0 aliphatic heterocycles. The van der Waals surface area contributed by atoms with Gasteiger partial charge < -0.3 is 34.9 Å². The van der Waals surface area contributed by atoms with Gasteiger partial charge in [0.15, 0.2) is 5.69 Å². The van der Waals surface area contributed by atoms with Crippen LogP contribution in [0.1, 0.15) is 21.6 Å². The van der Waals surface area contributed by atoms with Crippen molar-refractivity contribution in [3.8, 4) is 28.6 Å². The van der Waals surface area contributed by atoms with Gasteiger partial charge in [-0.2, -0.15) is 13.2 Å². The Morgan fingerprint density at radius 3 is 2.43 bits per heavy atom. The van der Waals surface area contributed by atoms with Crippen molar-refractivity contribution in [2.75, 3.05) is 26.3 Å². The summed E-state index contributed by atoms with van der Waals surface area (Å²) in [5.74, 6) is 0.449. The van der Waals surface area contributed by atoms with E-state index in [9.17, 15) is 28.2 Å². The van der Waals surface area contributed by atoms with Gasteiger partial charge in [0.25, 0.3) is 5.91 Å². The number of carbonyl (C=O) groups excluding carboxylic acids is 1. The second-order valence-corrected chi connectivity index (χ2v) is 9.45. The third-order valence-corrected chi connectivity index (χ3v) is 6.16. The monoisotopic (exact) mass is 584 g/mol. The first-order chi connectivity index (χ1) is 20.1. The van der Waals surface area contributed by atoms with Crippen LogP contribution in [-0.2, 0) is 19.8 Å². The number of aromatic hydroxyl groups is 1. The number of rotatable bonds is 13. The number of aryl methyl sites for hydroxylation is 1. The predicted octanol–water partition coefficient (Wildman–Crippen LogP) is 4.15. The fourth-order valence-electron chi connectivity index (χ4n) is 3.99. The van der Waals surface area contributed by atoms with E-state index >= 15 is 0 Å². The number of nitrogens with zero attached hydrogens (tertiary/aromatic N) is 2. The van der Waals surface area contributed by atoms with E-state index in [4.69, 9.17) is 9.47 Å². The van der Waals surface area contributed by atoms with Crippen molar-refractivity contribution in [3.05, 3.63) is 95.8 Å². The molecule has 1 amide bonds. The number of nitrogens with one attached hydrogen (secondary N) is 2. The van der Waals surface area contributed by atoms with E-state index < -0.39 is 23.9 Å². The number of imidazole rings is 1. The zero-order valence-electron chi connectivity index (χ0n) is 22.8. The highest BCUT2D eigenvalue weighted by Crippen LogP contribution is 2.31. The zero-order chi connectivity index (χ0) is 30.1. The van der Waals surface area contributed by atoms with Crippen molar-refractivity contribution in [2.45, 2.75) is 18.8 Å². The number of aliphatic hydroxyl groups excluding tert-OH is 1. The van der Waals surface area contributed by atoms with Crippen LogP contribution in [0.5, 0.6) is 17.2 Å². The number of aliphatic hydroxyl groups is 1. The van der Waals surface area contributed by atoms with Gasteiger partial charge in [-0.05, 0) is 48.0 Å². The molecular formula is C30H31F3N4O5. The van der Waals surface area contributed by atoms with Gasteiger partial charge in [0.05, 0.1) is 5.56 Å². The van der Waals surface area contributed by atoms with Gasteiger partial charge in [-0.1, -0.05) is 30.3 Å². The third-order valence-electron chi connectivity index (χ3n) is 6.16. The summed E-state index contributed by atoms with van der Waals surface area (Å²) in [6.45, 7) is 1.17. The molecule has 0 bridgehead atoms. The molecule has 0 aliphatic rings. The molecule has 0 saturated carbocycles. The normalized spacial score (nSPS) is 12.1. The number of hydrogen-bond acceptors (Lipinski definition) is 7. The van der Waals surface area contributed by atoms with Crippen LogP contribution in [-0.4, -0.2) is 58.1 Å².